The number of carbonyl (C=O) groups is 2. The summed E-state index contributed by atoms with van der Waals surface area (Å²) in [5.41, 5.74) is -0.346. The lowest BCUT2D eigenvalue weighted by Crippen LogP contribution is -2.45. The molecule has 8 heteroatoms. The molecule has 0 spiro atoms. The van der Waals surface area contributed by atoms with E-state index in [0.29, 0.717) is 11.8 Å². The molecule has 2 rings (SSSR count). The van der Waals surface area contributed by atoms with Crippen LogP contribution in [-0.4, -0.2) is 36.6 Å². The van der Waals surface area contributed by atoms with E-state index >= 15 is 0 Å². The number of nitrogens with one attached hydrogen (secondary N) is 1. The van der Waals surface area contributed by atoms with Crippen LogP contribution < -0.4 is 10.1 Å². The lowest BCUT2D eigenvalue weighted by atomic mass is 9.78. The molecule has 1 saturated carbocycles. The number of esters is 1. The van der Waals surface area contributed by atoms with Crippen molar-refractivity contribution in [1.29, 1.82) is 0 Å². The van der Waals surface area contributed by atoms with Crippen molar-refractivity contribution in [1.82, 2.24) is 5.32 Å². The Kier molecular flexibility index (Phi) is 6.54. The van der Waals surface area contributed by atoms with Crippen molar-refractivity contribution in [3.63, 3.8) is 0 Å². The van der Waals surface area contributed by atoms with Gasteiger partial charge in [0.25, 0.3) is 11.6 Å². The Hall–Kier alpha value is -2.64. The number of nitrogens with zero attached hydrogens (tertiary/aromatic N) is 1. The SMILES string of the molecule is COc1ccc([N+](=O)[O-])cc1C(=O)OCC(=O)N[C@@H]1CCC[C@H](C)[C@H]1C. The van der Waals surface area contributed by atoms with Crippen LogP contribution in [0.3, 0.4) is 0 Å². The van der Waals surface area contributed by atoms with Crippen molar-refractivity contribution in [2.45, 2.75) is 39.2 Å². The fourth-order valence-corrected chi connectivity index (χ4v) is 3.21. The van der Waals surface area contributed by atoms with Gasteiger partial charge in [-0.2, -0.15) is 0 Å². The van der Waals surface area contributed by atoms with E-state index in [1.807, 2.05) is 0 Å². The smallest absolute Gasteiger partial charge is 0.342 e. The summed E-state index contributed by atoms with van der Waals surface area (Å²) < 4.78 is 10.0. The highest BCUT2D eigenvalue weighted by atomic mass is 16.6. The number of hydrogen-bond acceptors (Lipinski definition) is 6. The molecule has 0 heterocycles. The third kappa shape index (κ3) is 4.71. The topological polar surface area (TPSA) is 108 Å². The van der Waals surface area contributed by atoms with Gasteiger partial charge in [-0.25, -0.2) is 4.79 Å². The average Bonchev–Trinajstić information content (AvgIpc) is 2.62. The number of nitro groups is 1. The van der Waals surface area contributed by atoms with Gasteiger partial charge in [-0.1, -0.05) is 26.7 Å². The molecule has 0 aliphatic heterocycles. The molecule has 1 aliphatic rings. The quantitative estimate of drug-likeness (QED) is 0.472. The molecule has 3 atom stereocenters. The first-order chi connectivity index (χ1) is 12.3. The number of nitro benzene ring substituents is 1. The molecular weight excluding hydrogens is 340 g/mol. The molecule has 0 unspecified atom stereocenters. The van der Waals surface area contributed by atoms with E-state index in [2.05, 4.69) is 19.2 Å². The molecular formula is C18H24N2O6. The molecule has 1 aromatic rings. The van der Waals surface area contributed by atoms with E-state index in [1.54, 1.807) is 0 Å². The van der Waals surface area contributed by atoms with Gasteiger partial charge in [0.2, 0.25) is 0 Å². The first kappa shape index (κ1) is 19.7. The maximum atomic E-state index is 12.2. The molecule has 0 saturated heterocycles. The highest BCUT2D eigenvalue weighted by molar-refractivity contribution is 5.94. The van der Waals surface area contributed by atoms with Crippen molar-refractivity contribution in [3.05, 3.63) is 33.9 Å². The number of ether oxygens (including phenoxy) is 2. The van der Waals surface area contributed by atoms with Crippen LogP contribution in [0.25, 0.3) is 0 Å². The molecule has 1 aliphatic carbocycles. The van der Waals surface area contributed by atoms with Crippen molar-refractivity contribution in [2.24, 2.45) is 11.8 Å². The zero-order chi connectivity index (χ0) is 19.3. The second-order valence-corrected chi connectivity index (χ2v) is 6.66. The number of methoxy groups -OCH3 is 1. The zero-order valence-corrected chi connectivity index (χ0v) is 15.2. The van der Waals surface area contributed by atoms with E-state index in [9.17, 15) is 19.7 Å². The molecule has 8 nitrogen and oxygen atoms in total. The van der Waals surface area contributed by atoms with Crippen molar-refractivity contribution < 1.29 is 24.0 Å². The number of hydrogen-bond donors (Lipinski definition) is 1. The van der Waals surface area contributed by atoms with Gasteiger partial charge in [-0.3, -0.25) is 14.9 Å². The number of benzene rings is 1. The van der Waals surface area contributed by atoms with Crippen LogP contribution in [0.1, 0.15) is 43.5 Å². The summed E-state index contributed by atoms with van der Waals surface area (Å²) in [4.78, 5) is 34.6. The predicted octanol–water partition coefficient (Wildman–Crippen LogP) is 2.70. The number of amides is 1. The van der Waals surface area contributed by atoms with Crippen LogP contribution in [-0.2, 0) is 9.53 Å². The van der Waals surface area contributed by atoms with Gasteiger partial charge >= 0.3 is 5.97 Å². The fraction of sp³-hybridized carbons (Fsp3) is 0.556. The van der Waals surface area contributed by atoms with Crippen LogP contribution in [0.2, 0.25) is 0 Å². The summed E-state index contributed by atoms with van der Waals surface area (Å²) in [5.74, 6) is -0.179. The van der Waals surface area contributed by atoms with Gasteiger partial charge in [0.1, 0.15) is 11.3 Å². The largest absolute Gasteiger partial charge is 0.496 e. The molecule has 1 amide bonds. The Balaban J connectivity index is 1.96. The van der Waals surface area contributed by atoms with Gasteiger partial charge in [0.05, 0.1) is 12.0 Å². The first-order valence-corrected chi connectivity index (χ1v) is 8.62. The summed E-state index contributed by atoms with van der Waals surface area (Å²) in [7, 11) is 1.34. The van der Waals surface area contributed by atoms with Crippen LogP contribution in [0.15, 0.2) is 18.2 Å². The third-order valence-corrected chi connectivity index (χ3v) is 5.00. The zero-order valence-electron chi connectivity index (χ0n) is 15.2. The first-order valence-electron chi connectivity index (χ1n) is 8.62. The van der Waals surface area contributed by atoms with E-state index < -0.39 is 17.5 Å². The van der Waals surface area contributed by atoms with Crippen molar-refractivity contribution in [3.8, 4) is 5.75 Å². The van der Waals surface area contributed by atoms with E-state index in [1.165, 1.54) is 19.2 Å². The summed E-state index contributed by atoms with van der Waals surface area (Å²) >= 11 is 0. The van der Waals surface area contributed by atoms with E-state index in [0.717, 1.165) is 25.3 Å². The molecule has 0 bridgehead atoms. The second-order valence-electron chi connectivity index (χ2n) is 6.66. The van der Waals surface area contributed by atoms with E-state index in [-0.39, 0.29) is 28.9 Å². The number of non-ortho nitro benzene ring substituents is 1. The summed E-state index contributed by atoms with van der Waals surface area (Å²) in [6.07, 6.45) is 3.11. The minimum atomic E-state index is -0.842. The second kappa shape index (κ2) is 8.64. The minimum absolute atomic E-state index is 0.0669. The van der Waals surface area contributed by atoms with Gasteiger partial charge in [-0.05, 0) is 24.3 Å². The fourth-order valence-electron chi connectivity index (χ4n) is 3.21. The molecule has 0 radical (unpaired) electrons. The standard InChI is InChI=1S/C18H24N2O6/c1-11-5-4-6-15(12(11)2)19-17(21)10-26-18(22)14-9-13(20(23)24)7-8-16(14)25-3/h7-9,11-12,15H,4-6,10H2,1-3H3,(H,19,21)/t11-,12+,15+/m0/s1. The van der Waals surface area contributed by atoms with Crippen LogP contribution >= 0.6 is 0 Å². The summed E-state index contributed by atoms with van der Waals surface area (Å²) in [5, 5.41) is 13.8. The lowest BCUT2D eigenvalue weighted by Gasteiger charge is -2.34. The Morgan fingerprint density at radius 3 is 2.69 bits per heavy atom. The van der Waals surface area contributed by atoms with Gasteiger partial charge in [0, 0.05) is 18.2 Å². The van der Waals surface area contributed by atoms with Crippen LogP contribution in [0.5, 0.6) is 5.75 Å². The minimum Gasteiger partial charge on any atom is -0.496 e. The molecule has 142 valence electrons. The Morgan fingerprint density at radius 2 is 2.04 bits per heavy atom. The van der Waals surface area contributed by atoms with Crippen molar-refractivity contribution >= 4 is 17.6 Å². The molecule has 1 aromatic carbocycles. The highest BCUT2D eigenvalue weighted by Gasteiger charge is 2.28. The lowest BCUT2D eigenvalue weighted by molar-refractivity contribution is -0.384. The molecule has 1 fully saturated rings. The van der Waals surface area contributed by atoms with Gasteiger partial charge < -0.3 is 14.8 Å². The van der Waals surface area contributed by atoms with Gasteiger partial charge in [0.15, 0.2) is 6.61 Å². The monoisotopic (exact) mass is 364 g/mol. The number of carbonyl (C=O) groups excluding carboxylic acids is 2. The molecule has 1 N–H and O–H groups in total. The van der Waals surface area contributed by atoms with Crippen LogP contribution in [0, 0.1) is 22.0 Å². The normalized spacial score (nSPS) is 22.3. The Labute approximate surface area is 152 Å². The van der Waals surface area contributed by atoms with Gasteiger partial charge in [-0.15, -0.1) is 0 Å². The Bertz CT molecular complexity index is 690. The molecule has 26 heavy (non-hydrogen) atoms. The van der Waals surface area contributed by atoms with Crippen molar-refractivity contribution in [2.75, 3.05) is 13.7 Å². The summed E-state index contributed by atoms with van der Waals surface area (Å²) in [6.45, 7) is 3.83. The molecule has 0 aromatic heterocycles. The maximum Gasteiger partial charge on any atom is 0.342 e. The predicted molar refractivity (Wildman–Crippen MR) is 94.0 cm³/mol. The maximum absolute atomic E-state index is 12.2. The number of rotatable bonds is 6. The van der Waals surface area contributed by atoms with E-state index in [4.69, 9.17) is 9.47 Å². The average molecular weight is 364 g/mol. The Morgan fingerprint density at radius 1 is 1.31 bits per heavy atom. The van der Waals surface area contributed by atoms with Crippen LogP contribution in [0.4, 0.5) is 5.69 Å². The third-order valence-electron chi connectivity index (χ3n) is 5.00. The summed E-state index contributed by atoms with van der Waals surface area (Å²) in [6, 6.07) is 3.69. The highest BCUT2D eigenvalue weighted by Crippen LogP contribution is 2.29.